The maximum absolute atomic E-state index is 13.4. The van der Waals surface area contributed by atoms with Crippen LogP contribution in [0, 0.1) is 5.92 Å². The van der Waals surface area contributed by atoms with E-state index >= 15 is 0 Å². The van der Waals surface area contributed by atoms with Gasteiger partial charge in [-0.15, -0.1) is 0 Å². The molecule has 7 heteroatoms. The monoisotopic (exact) mass is 464 g/mol. The highest BCUT2D eigenvalue weighted by Crippen LogP contribution is 2.25. The van der Waals surface area contributed by atoms with Crippen LogP contribution in [0.15, 0.2) is 42.5 Å². The van der Waals surface area contributed by atoms with Crippen molar-refractivity contribution in [2.24, 2.45) is 5.92 Å². The van der Waals surface area contributed by atoms with E-state index in [1.165, 1.54) is 0 Å². The van der Waals surface area contributed by atoms with Gasteiger partial charge in [0, 0.05) is 50.9 Å². The number of hydrogen-bond donors (Lipinski definition) is 1. The Balaban J connectivity index is 1.32. The van der Waals surface area contributed by atoms with Crippen LogP contribution in [0.2, 0.25) is 0 Å². The third-order valence-corrected chi connectivity index (χ3v) is 7.15. The van der Waals surface area contributed by atoms with Crippen molar-refractivity contribution >= 4 is 28.5 Å². The van der Waals surface area contributed by atoms with E-state index in [-0.39, 0.29) is 29.7 Å². The van der Waals surface area contributed by atoms with E-state index in [2.05, 4.69) is 17.1 Å². The molecule has 0 aromatic heterocycles. The summed E-state index contributed by atoms with van der Waals surface area (Å²) in [5.41, 5.74) is 0.704. The molecule has 0 radical (unpaired) electrons. The number of carbonyl (C=O) groups is 3. The first-order valence-corrected chi connectivity index (χ1v) is 12.5. The zero-order chi connectivity index (χ0) is 24.1. The lowest BCUT2D eigenvalue weighted by molar-refractivity contribution is -0.138. The molecule has 1 N–H and O–H groups in total. The second-order valence-electron chi connectivity index (χ2n) is 9.60. The SMILES string of the molecule is CCC(C)NC(=O)CN1CCN(C(=O)C2CCCN(C(=O)c3cccc4ccccc34)C2)CC1. The Labute approximate surface area is 202 Å². The smallest absolute Gasteiger partial charge is 0.254 e. The van der Waals surface area contributed by atoms with Gasteiger partial charge in [-0.1, -0.05) is 43.3 Å². The largest absolute Gasteiger partial charge is 0.353 e. The predicted molar refractivity (Wildman–Crippen MR) is 133 cm³/mol. The average molecular weight is 465 g/mol. The minimum Gasteiger partial charge on any atom is -0.353 e. The summed E-state index contributed by atoms with van der Waals surface area (Å²) in [6, 6.07) is 13.9. The Kier molecular flexibility index (Phi) is 7.83. The van der Waals surface area contributed by atoms with Gasteiger partial charge in [0.05, 0.1) is 12.5 Å². The Morgan fingerprint density at radius 3 is 2.47 bits per heavy atom. The summed E-state index contributed by atoms with van der Waals surface area (Å²) >= 11 is 0. The molecule has 0 aliphatic carbocycles. The molecule has 2 heterocycles. The minimum atomic E-state index is -0.159. The molecule has 0 saturated carbocycles. The fraction of sp³-hybridized carbons (Fsp3) is 0.519. The number of amides is 3. The number of nitrogens with zero attached hydrogens (tertiary/aromatic N) is 3. The van der Waals surface area contributed by atoms with E-state index in [9.17, 15) is 14.4 Å². The van der Waals surface area contributed by atoms with E-state index in [0.29, 0.717) is 51.4 Å². The number of piperazine rings is 1. The lowest BCUT2D eigenvalue weighted by Crippen LogP contribution is -2.54. The maximum atomic E-state index is 13.4. The minimum absolute atomic E-state index is 0.00596. The molecule has 2 aromatic rings. The lowest BCUT2D eigenvalue weighted by Gasteiger charge is -2.39. The van der Waals surface area contributed by atoms with Gasteiger partial charge in [0.1, 0.15) is 0 Å². The number of likely N-dealkylation sites (tertiary alicyclic amines) is 1. The highest BCUT2D eigenvalue weighted by molar-refractivity contribution is 6.07. The molecule has 2 aliphatic heterocycles. The molecule has 2 aromatic carbocycles. The van der Waals surface area contributed by atoms with Gasteiger partial charge in [0.2, 0.25) is 11.8 Å². The van der Waals surface area contributed by atoms with Crippen LogP contribution in [-0.2, 0) is 9.59 Å². The van der Waals surface area contributed by atoms with Crippen molar-refractivity contribution in [2.45, 2.75) is 39.2 Å². The van der Waals surface area contributed by atoms with Crippen molar-refractivity contribution in [3.8, 4) is 0 Å². The van der Waals surface area contributed by atoms with Gasteiger partial charge in [-0.05, 0) is 43.0 Å². The van der Waals surface area contributed by atoms with Crippen LogP contribution >= 0.6 is 0 Å². The third-order valence-electron chi connectivity index (χ3n) is 7.15. The van der Waals surface area contributed by atoms with Crippen LogP contribution in [0.4, 0.5) is 0 Å². The average Bonchev–Trinajstić information content (AvgIpc) is 2.88. The van der Waals surface area contributed by atoms with Gasteiger partial charge in [0.15, 0.2) is 0 Å². The molecule has 0 bridgehead atoms. The zero-order valence-electron chi connectivity index (χ0n) is 20.3. The summed E-state index contributed by atoms with van der Waals surface area (Å²) in [5, 5.41) is 5.01. The van der Waals surface area contributed by atoms with Crippen molar-refractivity contribution < 1.29 is 14.4 Å². The van der Waals surface area contributed by atoms with E-state index in [1.54, 1.807) is 0 Å². The fourth-order valence-corrected chi connectivity index (χ4v) is 4.96. The number of benzene rings is 2. The first-order valence-electron chi connectivity index (χ1n) is 12.5. The van der Waals surface area contributed by atoms with E-state index < -0.39 is 0 Å². The first kappa shape index (κ1) is 24.2. The highest BCUT2D eigenvalue weighted by atomic mass is 16.2. The molecule has 3 amide bonds. The summed E-state index contributed by atoms with van der Waals surface area (Å²) in [6.07, 6.45) is 2.56. The zero-order valence-corrected chi connectivity index (χ0v) is 20.3. The van der Waals surface area contributed by atoms with Crippen LogP contribution < -0.4 is 5.32 Å². The summed E-state index contributed by atoms with van der Waals surface area (Å²) in [4.78, 5) is 44.7. The standard InChI is InChI=1S/C27H36N4O3/c1-3-20(2)28-25(32)19-29-14-16-30(17-15-29)26(33)22-10-7-13-31(18-22)27(34)24-12-6-9-21-8-4-5-11-23(21)24/h4-6,8-9,11-12,20,22H,3,7,10,13-19H2,1-2H3,(H,28,32). The van der Waals surface area contributed by atoms with Gasteiger partial charge in [-0.3, -0.25) is 19.3 Å². The van der Waals surface area contributed by atoms with E-state index in [0.717, 1.165) is 30.0 Å². The van der Waals surface area contributed by atoms with Gasteiger partial charge in [-0.25, -0.2) is 0 Å². The van der Waals surface area contributed by atoms with Gasteiger partial charge < -0.3 is 15.1 Å². The van der Waals surface area contributed by atoms with Crippen molar-refractivity contribution in [3.05, 3.63) is 48.0 Å². The van der Waals surface area contributed by atoms with Crippen LogP contribution in [0.25, 0.3) is 10.8 Å². The maximum Gasteiger partial charge on any atom is 0.254 e. The molecule has 2 aliphatic rings. The van der Waals surface area contributed by atoms with Crippen molar-refractivity contribution in [2.75, 3.05) is 45.8 Å². The summed E-state index contributed by atoms with van der Waals surface area (Å²) in [7, 11) is 0. The number of hydrogen-bond acceptors (Lipinski definition) is 4. The molecular weight excluding hydrogens is 428 g/mol. The van der Waals surface area contributed by atoms with Crippen LogP contribution in [0.1, 0.15) is 43.5 Å². The Hall–Kier alpha value is -2.93. The van der Waals surface area contributed by atoms with Crippen LogP contribution in [0.3, 0.4) is 0 Å². The molecular formula is C27H36N4O3. The Bertz CT molecular complexity index is 1030. The van der Waals surface area contributed by atoms with Crippen LogP contribution in [0.5, 0.6) is 0 Å². The molecule has 0 spiro atoms. The number of piperidine rings is 1. The predicted octanol–water partition coefficient (Wildman–Crippen LogP) is 2.75. The summed E-state index contributed by atoms with van der Waals surface area (Å²) in [6.45, 7) is 8.25. The van der Waals surface area contributed by atoms with Crippen molar-refractivity contribution in [1.29, 1.82) is 0 Å². The molecule has 182 valence electrons. The molecule has 2 fully saturated rings. The second kappa shape index (κ2) is 11.0. The fourth-order valence-electron chi connectivity index (χ4n) is 4.96. The number of nitrogens with one attached hydrogen (secondary N) is 1. The summed E-state index contributed by atoms with van der Waals surface area (Å²) in [5.74, 6) is 0.0301. The molecule has 4 rings (SSSR count). The third kappa shape index (κ3) is 5.58. The van der Waals surface area contributed by atoms with E-state index in [4.69, 9.17) is 0 Å². The van der Waals surface area contributed by atoms with Gasteiger partial charge in [0.25, 0.3) is 5.91 Å². The Morgan fingerprint density at radius 1 is 0.971 bits per heavy atom. The lowest BCUT2D eigenvalue weighted by atomic mass is 9.95. The number of rotatable bonds is 6. The Morgan fingerprint density at radius 2 is 1.71 bits per heavy atom. The van der Waals surface area contributed by atoms with Crippen molar-refractivity contribution in [3.63, 3.8) is 0 Å². The molecule has 34 heavy (non-hydrogen) atoms. The second-order valence-corrected chi connectivity index (χ2v) is 9.60. The first-order chi connectivity index (χ1) is 16.5. The van der Waals surface area contributed by atoms with E-state index in [1.807, 2.05) is 59.2 Å². The quantitative estimate of drug-likeness (QED) is 0.714. The molecule has 7 nitrogen and oxygen atoms in total. The molecule has 2 saturated heterocycles. The number of fused-ring (bicyclic) bond motifs is 1. The van der Waals surface area contributed by atoms with Crippen molar-refractivity contribution in [1.82, 2.24) is 20.0 Å². The summed E-state index contributed by atoms with van der Waals surface area (Å²) < 4.78 is 0. The molecule has 2 atom stereocenters. The van der Waals surface area contributed by atoms with Gasteiger partial charge in [-0.2, -0.15) is 0 Å². The normalized spacial score (nSPS) is 20.2. The topological polar surface area (TPSA) is 73.0 Å². The number of carbonyl (C=O) groups excluding carboxylic acids is 3. The molecule has 2 unspecified atom stereocenters. The highest BCUT2D eigenvalue weighted by Gasteiger charge is 2.33. The van der Waals surface area contributed by atoms with Gasteiger partial charge >= 0.3 is 0 Å². The van der Waals surface area contributed by atoms with Crippen LogP contribution in [-0.4, -0.2) is 84.3 Å².